The van der Waals surface area contributed by atoms with Crippen molar-refractivity contribution in [2.75, 3.05) is 46.1 Å². The van der Waals surface area contributed by atoms with Gasteiger partial charge in [0.25, 0.3) is 10.1 Å². The molecule has 26 heteroatoms. The van der Waals surface area contributed by atoms with Crippen molar-refractivity contribution in [2.45, 2.75) is 81.6 Å². The zero-order valence-corrected chi connectivity index (χ0v) is 30.1. The number of nitro groups is 1. The number of carbonyl (C=O) groups is 5. The van der Waals surface area contributed by atoms with Crippen molar-refractivity contribution in [1.82, 2.24) is 4.90 Å². The van der Waals surface area contributed by atoms with Gasteiger partial charge in [0.15, 0.2) is 6.10 Å². The van der Waals surface area contributed by atoms with Crippen LogP contribution in [0.3, 0.4) is 0 Å². The summed E-state index contributed by atoms with van der Waals surface area (Å²) >= 11 is 0. The summed E-state index contributed by atoms with van der Waals surface area (Å²) in [6, 6.07) is -3.13. The van der Waals surface area contributed by atoms with Gasteiger partial charge in [-0.25, -0.2) is 4.79 Å². The van der Waals surface area contributed by atoms with Crippen LogP contribution < -0.4 is 28.7 Å². The lowest BCUT2D eigenvalue weighted by atomic mass is 10.1. The number of hydrogen-bond donors (Lipinski definition) is 14. The second kappa shape index (κ2) is 31.7. The topological polar surface area (TPSA) is 482 Å². The lowest BCUT2D eigenvalue weighted by Crippen LogP contribution is -2.48. The molecule has 0 saturated carbocycles. The Labute approximate surface area is 300 Å². The van der Waals surface area contributed by atoms with Gasteiger partial charge in [0.05, 0.1) is 12.3 Å². The second-order valence-corrected chi connectivity index (χ2v) is 12.7. The molecule has 0 aliphatic carbocycles. The van der Waals surface area contributed by atoms with Gasteiger partial charge in [-0.15, -0.1) is 0 Å². The van der Waals surface area contributed by atoms with E-state index in [1.165, 1.54) is 6.92 Å². The van der Waals surface area contributed by atoms with Crippen LogP contribution in [0.15, 0.2) is 0 Å². The lowest BCUT2D eigenvalue weighted by Gasteiger charge is -2.13. The minimum atomic E-state index is -4.27. The molecule has 0 radical (unpaired) electrons. The highest BCUT2D eigenvalue weighted by Gasteiger charge is 2.26. The van der Waals surface area contributed by atoms with E-state index in [9.17, 15) is 42.5 Å². The first-order chi connectivity index (χ1) is 23.5. The van der Waals surface area contributed by atoms with Crippen molar-refractivity contribution < 1.29 is 77.6 Å². The molecular formula is C26H56N8O17S. The number of nitrogens with two attached hydrogens (primary N) is 5. The van der Waals surface area contributed by atoms with Crippen molar-refractivity contribution in [3.05, 3.63) is 10.1 Å². The van der Waals surface area contributed by atoms with Crippen LogP contribution >= 0.6 is 0 Å². The minimum Gasteiger partial charge on any atom is -0.480 e. The van der Waals surface area contributed by atoms with Gasteiger partial charge in [-0.05, 0) is 59.7 Å². The Morgan fingerprint density at radius 2 is 1.25 bits per heavy atom. The Balaban J connectivity index is -0.000000182. The molecule has 0 bridgehead atoms. The van der Waals surface area contributed by atoms with Gasteiger partial charge in [-0.1, -0.05) is 12.8 Å². The monoisotopic (exact) mass is 784 g/mol. The van der Waals surface area contributed by atoms with Gasteiger partial charge in [0.1, 0.15) is 29.4 Å². The maximum atomic E-state index is 10.3. The maximum absolute atomic E-state index is 10.3. The molecule has 0 aromatic rings. The number of unbranched alkanes of at least 4 members (excludes halogenated alkanes) is 2. The summed E-state index contributed by atoms with van der Waals surface area (Å²) in [5.74, 6) is -6.84. The number of nitrogens with zero attached hydrogens (tertiary/aromatic N) is 2. The average Bonchev–Trinajstić information content (AvgIpc) is 3.00. The number of rotatable bonds is 21. The number of carboxylic acids is 5. The van der Waals surface area contributed by atoms with E-state index in [2.05, 4.69) is 4.90 Å². The minimum absolute atomic E-state index is 0.0592. The van der Waals surface area contributed by atoms with Crippen LogP contribution in [0.1, 0.15) is 51.9 Å². The molecule has 0 aliphatic rings. The van der Waals surface area contributed by atoms with E-state index in [0.29, 0.717) is 32.1 Å². The van der Waals surface area contributed by atoms with Crippen LogP contribution in [0, 0.1) is 15.5 Å². The first-order valence-corrected chi connectivity index (χ1v) is 16.6. The highest BCUT2D eigenvalue weighted by molar-refractivity contribution is 7.85. The van der Waals surface area contributed by atoms with Gasteiger partial charge in [0, 0.05) is 11.5 Å². The summed E-state index contributed by atoms with van der Waals surface area (Å²) in [7, 11) is -0.280. The van der Waals surface area contributed by atoms with Crippen LogP contribution in [0.2, 0.25) is 0 Å². The summed E-state index contributed by atoms with van der Waals surface area (Å²) in [5.41, 5.74) is 23.7. The number of aliphatic hydroxyl groups excluding tert-OH is 2. The smallest absolute Gasteiger partial charge is 0.333 e. The van der Waals surface area contributed by atoms with E-state index in [-0.39, 0.29) is 12.3 Å². The molecule has 52 heavy (non-hydrogen) atoms. The van der Waals surface area contributed by atoms with Crippen molar-refractivity contribution >= 4 is 45.7 Å². The third-order valence-electron chi connectivity index (χ3n) is 5.60. The third kappa shape index (κ3) is 44.0. The molecular weight excluding hydrogens is 728 g/mol. The van der Waals surface area contributed by atoms with Crippen LogP contribution in [0.4, 0.5) is 0 Å². The largest absolute Gasteiger partial charge is 0.480 e. The van der Waals surface area contributed by atoms with Crippen molar-refractivity contribution in [3.63, 3.8) is 0 Å². The molecule has 0 amide bonds. The Bertz CT molecular complexity index is 1190. The fraction of sp³-hybridized carbons (Fsp3) is 0.769. The Morgan fingerprint density at radius 1 is 0.846 bits per heavy atom. The Hall–Kier alpha value is -3.99. The quantitative estimate of drug-likeness (QED) is 0.0173. The SMILES string of the molecule is CN(C)CCCCC(N)C(=O)O.C[C@](N)(CO)C(=O)O.N=C(CCCCC(N)C(=O)O)C[N+](=O)[O-].NCC(O)C(=O)O.N[C@@H](CS(=O)(=O)O)C(=O)O. The standard InChI is InChI=1S/C8H15N3O4.C8H18N2O2.C4H9NO3.C3H7NO5S.C3H7NO3/c9-6(5-11(14)15)3-1-2-4-7(10)8(12)13;1-10(2)6-4-3-5-7(9)8(11)12;1-4(5,2-6)3(7)8;4-2(3(5)6)1-10(7,8)9;4-1-2(5)3(6)7/h7,9H,1-5,10H2,(H,12,13);7H,3-6,9H2,1-2H3,(H,11,12);6H,2,5H2,1H3,(H,7,8);2H,1,4H2,(H,5,6)(H,7,8,9);2,5H,1,4H2,(H,6,7)/t;;4-;2-;/m..00./s1. The third-order valence-corrected chi connectivity index (χ3v) is 6.38. The molecule has 0 aromatic carbocycles. The molecule has 0 aromatic heterocycles. The van der Waals surface area contributed by atoms with E-state index in [0.717, 1.165) is 19.4 Å². The van der Waals surface area contributed by atoms with Crippen LogP contribution in [-0.4, -0.2) is 170 Å². The zero-order valence-electron chi connectivity index (χ0n) is 29.2. The second-order valence-electron chi connectivity index (χ2n) is 11.2. The molecule has 0 heterocycles. The molecule has 0 saturated heterocycles. The summed E-state index contributed by atoms with van der Waals surface area (Å²) in [4.78, 5) is 61.6. The van der Waals surface area contributed by atoms with Gasteiger partial charge in [-0.3, -0.25) is 33.8 Å². The fourth-order valence-corrected chi connectivity index (χ4v) is 3.04. The normalized spacial score (nSPS) is 13.8. The van der Waals surface area contributed by atoms with Crippen molar-refractivity contribution in [3.8, 4) is 0 Å². The molecule has 0 rings (SSSR count). The number of aliphatic hydroxyl groups is 2. The Morgan fingerprint density at radius 3 is 1.46 bits per heavy atom. The average molecular weight is 785 g/mol. The number of nitrogens with one attached hydrogen (secondary N) is 1. The zero-order chi connectivity index (χ0) is 42.4. The van der Waals surface area contributed by atoms with Gasteiger partial charge in [-0.2, -0.15) is 8.42 Å². The van der Waals surface area contributed by atoms with E-state index >= 15 is 0 Å². The van der Waals surface area contributed by atoms with Crippen LogP contribution in [0.5, 0.6) is 0 Å². The number of aliphatic carboxylic acids is 5. The molecule has 5 atom stereocenters. The predicted molar refractivity (Wildman–Crippen MR) is 184 cm³/mol. The highest BCUT2D eigenvalue weighted by atomic mass is 32.2. The summed E-state index contributed by atoms with van der Waals surface area (Å²) in [5, 5.41) is 74.6. The molecule has 0 aliphatic heterocycles. The van der Waals surface area contributed by atoms with E-state index < -0.39 is 93.6 Å². The van der Waals surface area contributed by atoms with E-state index in [4.69, 9.17) is 74.4 Å². The molecule has 308 valence electrons. The fourth-order valence-electron chi connectivity index (χ4n) is 2.44. The predicted octanol–water partition coefficient (Wildman–Crippen LogP) is -4.16. The van der Waals surface area contributed by atoms with Gasteiger partial charge in [0.2, 0.25) is 6.54 Å². The van der Waals surface area contributed by atoms with Crippen molar-refractivity contribution in [1.29, 1.82) is 5.41 Å². The van der Waals surface area contributed by atoms with Crippen LogP contribution in [-0.2, 0) is 34.1 Å². The molecule has 0 fully saturated rings. The van der Waals surface area contributed by atoms with E-state index in [1.807, 2.05) is 14.1 Å². The molecule has 0 spiro atoms. The van der Waals surface area contributed by atoms with Crippen molar-refractivity contribution in [2.24, 2.45) is 28.7 Å². The number of hydrogen-bond acceptors (Lipinski definition) is 18. The first-order valence-electron chi connectivity index (χ1n) is 15.0. The summed E-state index contributed by atoms with van der Waals surface area (Å²) < 4.78 is 28.0. The summed E-state index contributed by atoms with van der Waals surface area (Å²) in [6.45, 7) is 1.03. The van der Waals surface area contributed by atoms with E-state index in [1.54, 1.807) is 0 Å². The molecule has 25 nitrogen and oxygen atoms in total. The maximum Gasteiger partial charge on any atom is 0.333 e. The molecule has 3 unspecified atom stereocenters. The van der Waals surface area contributed by atoms with Gasteiger partial charge < -0.3 is 74.7 Å². The first kappa shape index (κ1) is 57.4. The van der Waals surface area contributed by atoms with Gasteiger partial charge >= 0.3 is 29.8 Å². The number of carboxylic acid groups (broad SMARTS) is 5. The summed E-state index contributed by atoms with van der Waals surface area (Å²) in [6.07, 6.45) is 2.85. The highest BCUT2D eigenvalue weighted by Crippen LogP contribution is 2.03. The lowest BCUT2D eigenvalue weighted by molar-refractivity contribution is -0.463. The Kier molecular flexibility index (Phi) is 35.0. The van der Waals surface area contributed by atoms with Crippen LogP contribution in [0.25, 0.3) is 0 Å². The molecule has 19 N–H and O–H groups in total.